The van der Waals surface area contributed by atoms with Crippen LogP contribution in [0, 0.1) is 17.8 Å². The van der Waals surface area contributed by atoms with Gasteiger partial charge in [-0.25, -0.2) is 0 Å². The molecule has 126 valence electrons. The first-order chi connectivity index (χ1) is 11.1. The number of hydrogen-bond acceptors (Lipinski definition) is 3. The van der Waals surface area contributed by atoms with Crippen LogP contribution in [0.15, 0.2) is 12.2 Å². The number of amides is 3. The van der Waals surface area contributed by atoms with Crippen LogP contribution in [0.3, 0.4) is 0 Å². The van der Waals surface area contributed by atoms with Gasteiger partial charge in [0.1, 0.15) is 0 Å². The molecule has 5 heteroatoms. The molecule has 3 aliphatic rings. The number of imide groups is 1. The zero-order valence-electron chi connectivity index (χ0n) is 13.9. The second kappa shape index (κ2) is 6.85. The lowest BCUT2D eigenvalue weighted by molar-refractivity contribution is -0.139. The highest BCUT2D eigenvalue weighted by Crippen LogP contribution is 2.32. The van der Waals surface area contributed by atoms with E-state index in [0.29, 0.717) is 24.3 Å². The van der Waals surface area contributed by atoms with Crippen molar-refractivity contribution in [3.8, 4) is 0 Å². The largest absolute Gasteiger partial charge is 0.342 e. The van der Waals surface area contributed by atoms with Crippen LogP contribution in [-0.2, 0) is 14.4 Å². The Balaban J connectivity index is 1.46. The molecule has 1 saturated heterocycles. The first-order valence-corrected chi connectivity index (χ1v) is 8.90. The van der Waals surface area contributed by atoms with Gasteiger partial charge in [0.15, 0.2) is 0 Å². The molecule has 1 saturated carbocycles. The summed E-state index contributed by atoms with van der Waals surface area (Å²) in [6, 6.07) is 0. The van der Waals surface area contributed by atoms with Crippen molar-refractivity contribution in [2.75, 3.05) is 19.6 Å². The van der Waals surface area contributed by atoms with Crippen LogP contribution < -0.4 is 0 Å². The van der Waals surface area contributed by atoms with Crippen molar-refractivity contribution >= 4 is 17.7 Å². The normalized spacial score (nSPS) is 31.3. The van der Waals surface area contributed by atoms with E-state index in [4.69, 9.17) is 0 Å². The van der Waals surface area contributed by atoms with Crippen molar-refractivity contribution in [2.45, 2.75) is 45.4 Å². The fraction of sp³-hybridized carbons (Fsp3) is 0.722. The van der Waals surface area contributed by atoms with E-state index in [1.807, 2.05) is 0 Å². The number of carbonyl (C=O) groups excluding carboxylic acids is 3. The van der Waals surface area contributed by atoms with Crippen molar-refractivity contribution in [1.29, 1.82) is 0 Å². The lowest BCUT2D eigenvalue weighted by Gasteiger charge is -2.32. The molecule has 3 rings (SSSR count). The highest BCUT2D eigenvalue weighted by molar-refractivity contribution is 6.12. The maximum absolute atomic E-state index is 12.6. The first-order valence-electron chi connectivity index (χ1n) is 8.90. The van der Waals surface area contributed by atoms with E-state index in [2.05, 4.69) is 11.8 Å². The molecule has 2 aliphatic heterocycles. The predicted octanol–water partition coefficient (Wildman–Crippen LogP) is 1.98. The van der Waals surface area contributed by atoms with E-state index in [0.717, 1.165) is 51.6 Å². The summed E-state index contributed by atoms with van der Waals surface area (Å²) in [6.07, 6.45) is 8.62. The van der Waals surface area contributed by atoms with Crippen LogP contribution in [0.2, 0.25) is 0 Å². The monoisotopic (exact) mass is 318 g/mol. The molecule has 0 unspecified atom stereocenters. The van der Waals surface area contributed by atoms with E-state index in [-0.39, 0.29) is 17.7 Å². The highest BCUT2D eigenvalue weighted by Gasteiger charge is 2.34. The number of nitrogens with zero attached hydrogens (tertiary/aromatic N) is 2. The molecule has 2 heterocycles. The van der Waals surface area contributed by atoms with E-state index < -0.39 is 0 Å². The van der Waals surface area contributed by atoms with E-state index in [9.17, 15) is 14.4 Å². The zero-order chi connectivity index (χ0) is 16.4. The minimum Gasteiger partial charge on any atom is -0.342 e. The van der Waals surface area contributed by atoms with Crippen LogP contribution in [0.25, 0.3) is 0 Å². The standard InChI is InChI=1S/C18H26N2O3/c1-2-13-9-10-19(11-13)18(23)15-5-3-14(4-6-15)12-20-16(21)7-8-17(20)22/h7-8,13-15H,2-6,9-12H2,1H3/t13-,14?,15?/m0/s1. The average Bonchev–Trinajstić information content (AvgIpc) is 3.17. The SMILES string of the molecule is CC[C@H]1CCN(C(=O)C2CCC(CN3C(=O)C=CC3=O)CC2)C1. The topological polar surface area (TPSA) is 57.7 Å². The van der Waals surface area contributed by atoms with Gasteiger partial charge in [0.25, 0.3) is 11.8 Å². The molecular formula is C18H26N2O3. The summed E-state index contributed by atoms with van der Waals surface area (Å²) in [6.45, 7) is 4.55. The Labute approximate surface area is 137 Å². The molecule has 0 spiro atoms. The average molecular weight is 318 g/mol. The summed E-state index contributed by atoms with van der Waals surface area (Å²) >= 11 is 0. The maximum Gasteiger partial charge on any atom is 0.253 e. The molecule has 3 amide bonds. The Morgan fingerprint density at radius 1 is 1.04 bits per heavy atom. The van der Waals surface area contributed by atoms with Crippen LogP contribution in [0.4, 0.5) is 0 Å². The van der Waals surface area contributed by atoms with Gasteiger partial charge in [0.05, 0.1) is 0 Å². The van der Waals surface area contributed by atoms with Gasteiger partial charge in [0, 0.05) is 37.7 Å². The second-order valence-electron chi connectivity index (χ2n) is 7.19. The molecule has 0 radical (unpaired) electrons. The summed E-state index contributed by atoms with van der Waals surface area (Å²) in [5.74, 6) is 1.09. The van der Waals surface area contributed by atoms with Gasteiger partial charge in [-0.3, -0.25) is 19.3 Å². The van der Waals surface area contributed by atoms with Gasteiger partial charge >= 0.3 is 0 Å². The number of rotatable bonds is 4. The number of carbonyl (C=O) groups is 3. The van der Waals surface area contributed by atoms with Gasteiger partial charge in [-0.2, -0.15) is 0 Å². The van der Waals surface area contributed by atoms with Crippen LogP contribution in [-0.4, -0.2) is 47.2 Å². The van der Waals surface area contributed by atoms with E-state index in [1.54, 1.807) is 0 Å². The molecular weight excluding hydrogens is 292 g/mol. The summed E-state index contributed by atoms with van der Waals surface area (Å²) in [5, 5.41) is 0. The first kappa shape index (κ1) is 16.2. The van der Waals surface area contributed by atoms with E-state index >= 15 is 0 Å². The van der Waals surface area contributed by atoms with E-state index in [1.165, 1.54) is 17.1 Å². The fourth-order valence-corrected chi connectivity index (χ4v) is 4.09. The lowest BCUT2D eigenvalue weighted by atomic mass is 9.81. The molecule has 0 aromatic heterocycles. The molecule has 2 fully saturated rings. The Morgan fingerprint density at radius 3 is 2.26 bits per heavy atom. The summed E-state index contributed by atoms with van der Waals surface area (Å²) in [4.78, 5) is 39.2. The number of likely N-dealkylation sites (tertiary alicyclic amines) is 1. The molecule has 0 bridgehead atoms. The Hall–Kier alpha value is -1.65. The van der Waals surface area contributed by atoms with Crippen molar-refractivity contribution in [3.63, 3.8) is 0 Å². The van der Waals surface area contributed by atoms with Crippen molar-refractivity contribution < 1.29 is 14.4 Å². The molecule has 0 aromatic carbocycles. The lowest BCUT2D eigenvalue weighted by Crippen LogP contribution is -2.39. The summed E-state index contributed by atoms with van der Waals surface area (Å²) < 4.78 is 0. The van der Waals surface area contributed by atoms with Crippen LogP contribution >= 0.6 is 0 Å². The number of hydrogen-bond donors (Lipinski definition) is 0. The van der Waals surface area contributed by atoms with Crippen LogP contribution in [0.1, 0.15) is 45.4 Å². The zero-order valence-corrected chi connectivity index (χ0v) is 13.9. The fourth-order valence-electron chi connectivity index (χ4n) is 4.09. The highest BCUT2D eigenvalue weighted by atomic mass is 16.2. The Morgan fingerprint density at radius 2 is 1.70 bits per heavy atom. The summed E-state index contributed by atoms with van der Waals surface area (Å²) in [7, 11) is 0. The van der Waals surface area contributed by atoms with Gasteiger partial charge in [-0.05, 0) is 43.9 Å². The van der Waals surface area contributed by atoms with Crippen molar-refractivity contribution in [3.05, 3.63) is 12.2 Å². The minimum atomic E-state index is -0.198. The van der Waals surface area contributed by atoms with Crippen molar-refractivity contribution in [2.24, 2.45) is 17.8 Å². The third-order valence-electron chi connectivity index (χ3n) is 5.71. The third-order valence-corrected chi connectivity index (χ3v) is 5.71. The van der Waals surface area contributed by atoms with Gasteiger partial charge < -0.3 is 4.90 Å². The Kier molecular flexibility index (Phi) is 4.83. The van der Waals surface area contributed by atoms with Gasteiger partial charge in [0.2, 0.25) is 5.91 Å². The molecule has 1 aliphatic carbocycles. The van der Waals surface area contributed by atoms with Crippen molar-refractivity contribution in [1.82, 2.24) is 9.80 Å². The summed E-state index contributed by atoms with van der Waals surface area (Å²) in [5.41, 5.74) is 0. The smallest absolute Gasteiger partial charge is 0.253 e. The molecule has 0 aromatic rings. The molecule has 0 N–H and O–H groups in total. The Bertz CT molecular complexity index is 502. The third kappa shape index (κ3) is 3.48. The predicted molar refractivity (Wildman–Crippen MR) is 86.3 cm³/mol. The van der Waals surface area contributed by atoms with Crippen LogP contribution in [0.5, 0.6) is 0 Å². The molecule has 23 heavy (non-hydrogen) atoms. The molecule has 5 nitrogen and oxygen atoms in total. The van der Waals surface area contributed by atoms with Gasteiger partial charge in [-0.1, -0.05) is 13.3 Å². The second-order valence-corrected chi connectivity index (χ2v) is 7.19. The minimum absolute atomic E-state index is 0.143. The van der Waals surface area contributed by atoms with Gasteiger partial charge in [-0.15, -0.1) is 0 Å². The molecule has 1 atom stereocenters. The quantitative estimate of drug-likeness (QED) is 0.745. The maximum atomic E-state index is 12.6.